The second-order valence-corrected chi connectivity index (χ2v) is 14.7. The third-order valence-electron chi connectivity index (χ3n) is 10.3. The molecule has 1 saturated carbocycles. The number of para-hydroxylation sites is 1. The van der Waals surface area contributed by atoms with E-state index in [9.17, 15) is 14.4 Å². The van der Waals surface area contributed by atoms with Crippen LogP contribution in [0.15, 0.2) is 91.0 Å². The van der Waals surface area contributed by atoms with Crippen LogP contribution in [0.1, 0.15) is 56.9 Å². The molecule has 0 spiro atoms. The zero-order valence-electron chi connectivity index (χ0n) is 28.3. The third-order valence-corrected chi connectivity index (χ3v) is 11.2. The maximum absolute atomic E-state index is 14.6. The zero-order valence-corrected chi connectivity index (χ0v) is 29.1. The van der Waals surface area contributed by atoms with E-state index < -0.39 is 17.6 Å². The van der Waals surface area contributed by atoms with Crippen molar-refractivity contribution in [3.63, 3.8) is 0 Å². The third kappa shape index (κ3) is 7.55. The van der Waals surface area contributed by atoms with Gasteiger partial charge in [0.2, 0.25) is 5.91 Å². The van der Waals surface area contributed by atoms with Gasteiger partial charge < -0.3 is 19.2 Å². The first-order valence-electron chi connectivity index (χ1n) is 17.6. The molecule has 3 aliphatic rings. The molecule has 0 bridgehead atoms. The molecule has 2 aliphatic heterocycles. The highest BCUT2D eigenvalue weighted by Gasteiger charge is 2.61. The molecule has 0 unspecified atom stereocenters. The Morgan fingerprint density at radius 1 is 1.00 bits per heavy atom. The van der Waals surface area contributed by atoms with E-state index in [-0.39, 0.29) is 42.4 Å². The van der Waals surface area contributed by atoms with Gasteiger partial charge in [-0.1, -0.05) is 84.9 Å². The first-order chi connectivity index (χ1) is 24.4. The van der Waals surface area contributed by atoms with Gasteiger partial charge >= 0.3 is 0 Å². The van der Waals surface area contributed by atoms with Crippen LogP contribution in [0.5, 0.6) is 16.7 Å². The number of benzene rings is 3. The molecule has 3 heterocycles. The van der Waals surface area contributed by atoms with Gasteiger partial charge in [0, 0.05) is 18.8 Å². The molecule has 5 atom stereocenters. The van der Waals surface area contributed by atoms with Gasteiger partial charge in [-0.15, -0.1) is 0 Å². The number of thiazole rings is 1. The first kappa shape index (κ1) is 33.8. The SMILES string of the molecule is COc1ccc2nc(O[C@@H]3C[C@H]4C(=O)C[C@]5(C(=O)NOc6ccccc6)C[C@@H]5/C=C\CCCCC[C@H](Cc5ccccc5)C(=O)N4C3)sc2c1. The number of hydrogen-bond acceptors (Lipinski definition) is 8. The van der Waals surface area contributed by atoms with E-state index in [2.05, 4.69) is 34.7 Å². The largest absolute Gasteiger partial charge is 0.497 e. The van der Waals surface area contributed by atoms with Crippen molar-refractivity contribution in [2.24, 2.45) is 17.3 Å². The summed E-state index contributed by atoms with van der Waals surface area (Å²) in [5.74, 6) is 0.422. The number of carbonyl (C=O) groups is 3. The van der Waals surface area contributed by atoms with Crippen molar-refractivity contribution in [2.75, 3.05) is 13.7 Å². The molecular formula is C40H43N3O6S. The van der Waals surface area contributed by atoms with Crippen LogP contribution in [-0.4, -0.2) is 53.3 Å². The van der Waals surface area contributed by atoms with Crippen LogP contribution < -0.4 is 19.8 Å². The Kier molecular flexibility index (Phi) is 10.2. The van der Waals surface area contributed by atoms with Gasteiger partial charge in [0.05, 0.1) is 35.3 Å². The quantitative estimate of drug-likeness (QED) is 0.155. The molecule has 0 radical (unpaired) electrons. The lowest BCUT2D eigenvalue weighted by Crippen LogP contribution is -2.46. The molecular weight excluding hydrogens is 651 g/mol. The van der Waals surface area contributed by atoms with E-state index in [1.54, 1.807) is 24.1 Å². The predicted octanol–water partition coefficient (Wildman–Crippen LogP) is 7.11. The number of fused-ring (bicyclic) bond motifs is 3. The highest BCUT2D eigenvalue weighted by atomic mass is 32.1. The van der Waals surface area contributed by atoms with E-state index in [1.807, 2.05) is 54.6 Å². The summed E-state index contributed by atoms with van der Waals surface area (Å²) in [6, 6.07) is 24.1. The smallest absolute Gasteiger partial charge is 0.274 e. The molecule has 1 aromatic heterocycles. The summed E-state index contributed by atoms with van der Waals surface area (Å²) in [6.45, 7) is 0.277. The normalized spacial score (nSPS) is 26.2. The van der Waals surface area contributed by atoms with Crippen LogP contribution in [0.3, 0.4) is 0 Å². The standard InChI is InChI=1S/C40H43N3O6S/c1-47-31-19-20-33-36(23-31)50-39(41-33)48-32-22-34-35(44)25-40(38(46)42-49-30-17-11-6-12-18-30)24-29(40)16-10-4-2-3-9-15-28(37(45)43(34)26-32)21-27-13-7-5-8-14-27/h5-8,10-14,16-20,23,28-29,32,34H,2-4,9,15,21-22,24-26H2,1H3,(H,42,46)/b16-10-/t28-,29+,32-,34+,40-/m1/s1. The zero-order chi connectivity index (χ0) is 34.5. The number of ketones is 1. The molecule has 7 rings (SSSR count). The van der Waals surface area contributed by atoms with E-state index in [0.717, 1.165) is 53.6 Å². The predicted molar refractivity (Wildman–Crippen MR) is 192 cm³/mol. The Balaban J connectivity index is 1.16. The van der Waals surface area contributed by atoms with Crippen LogP contribution in [0.2, 0.25) is 0 Å². The Morgan fingerprint density at radius 3 is 2.60 bits per heavy atom. The van der Waals surface area contributed by atoms with Crippen LogP contribution in [-0.2, 0) is 20.8 Å². The lowest BCUT2D eigenvalue weighted by molar-refractivity contribution is -0.143. The average Bonchev–Trinajstić information content (AvgIpc) is 3.44. The maximum atomic E-state index is 14.6. The van der Waals surface area contributed by atoms with Crippen molar-refractivity contribution in [3.05, 3.63) is 96.6 Å². The summed E-state index contributed by atoms with van der Waals surface area (Å²) in [7, 11) is 1.63. The van der Waals surface area contributed by atoms with Crippen molar-refractivity contribution in [1.82, 2.24) is 15.4 Å². The van der Waals surface area contributed by atoms with E-state index >= 15 is 0 Å². The van der Waals surface area contributed by atoms with Gasteiger partial charge in [-0.05, 0) is 73.9 Å². The average molecular weight is 694 g/mol. The Morgan fingerprint density at radius 2 is 1.80 bits per heavy atom. The summed E-state index contributed by atoms with van der Waals surface area (Å²) in [4.78, 5) is 54.9. The molecule has 3 aromatic carbocycles. The second-order valence-electron chi connectivity index (χ2n) is 13.7. The van der Waals surface area contributed by atoms with Crippen LogP contribution in [0.25, 0.3) is 10.2 Å². The second kappa shape index (κ2) is 15.0. The fourth-order valence-corrected chi connectivity index (χ4v) is 8.34. The molecule has 10 heteroatoms. The Bertz CT molecular complexity index is 1850. The summed E-state index contributed by atoms with van der Waals surface area (Å²) >= 11 is 1.42. The van der Waals surface area contributed by atoms with Gasteiger partial charge in [-0.2, -0.15) is 5.48 Å². The number of aromatic nitrogens is 1. The topological polar surface area (TPSA) is 107 Å². The number of ether oxygens (including phenoxy) is 2. The lowest BCUT2D eigenvalue weighted by Gasteiger charge is -2.29. The van der Waals surface area contributed by atoms with Gasteiger partial charge in [-0.3, -0.25) is 14.4 Å². The van der Waals surface area contributed by atoms with Crippen LogP contribution in [0, 0.1) is 17.3 Å². The Hall–Kier alpha value is -4.70. The minimum Gasteiger partial charge on any atom is -0.497 e. The van der Waals surface area contributed by atoms with Crippen LogP contribution in [0.4, 0.5) is 0 Å². The van der Waals surface area contributed by atoms with E-state index in [4.69, 9.17) is 14.3 Å². The van der Waals surface area contributed by atoms with Crippen molar-refractivity contribution < 1.29 is 28.7 Å². The number of carbonyl (C=O) groups excluding carboxylic acids is 3. The maximum Gasteiger partial charge on any atom is 0.274 e. The number of rotatable bonds is 8. The highest BCUT2D eigenvalue weighted by Crippen LogP contribution is 2.57. The minimum atomic E-state index is -0.939. The molecule has 4 aromatic rings. The number of hydroxylamine groups is 1. The highest BCUT2D eigenvalue weighted by molar-refractivity contribution is 7.20. The van der Waals surface area contributed by atoms with Crippen molar-refractivity contribution in [3.8, 4) is 16.7 Å². The van der Waals surface area contributed by atoms with E-state index in [1.165, 1.54) is 11.3 Å². The van der Waals surface area contributed by atoms with E-state index in [0.29, 0.717) is 30.2 Å². The number of amides is 2. The summed E-state index contributed by atoms with van der Waals surface area (Å²) in [6.07, 6.45) is 9.88. The molecule has 2 amide bonds. The fourth-order valence-electron chi connectivity index (χ4n) is 7.43. The molecule has 260 valence electrons. The molecule has 9 nitrogen and oxygen atoms in total. The molecule has 2 fully saturated rings. The number of hydrogen-bond donors (Lipinski definition) is 1. The van der Waals surface area contributed by atoms with Gasteiger partial charge in [-0.25, -0.2) is 4.98 Å². The van der Waals surface area contributed by atoms with Crippen molar-refractivity contribution in [1.29, 1.82) is 0 Å². The summed E-state index contributed by atoms with van der Waals surface area (Å²) in [5.41, 5.74) is 3.59. The number of nitrogens with one attached hydrogen (secondary N) is 1. The van der Waals surface area contributed by atoms with Crippen molar-refractivity contribution >= 4 is 39.2 Å². The van der Waals surface area contributed by atoms with Crippen molar-refractivity contribution in [2.45, 2.75) is 69.9 Å². The lowest BCUT2D eigenvalue weighted by atomic mass is 9.90. The molecule has 50 heavy (non-hydrogen) atoms. The van der Waals surface area contributed by atoms with Gasteiger partial charge in [0.1, 0.15) is 11.9 Å². The number of allylic oxidation sites excluding steroid dienone is 2. The number of Topliss-reactive ketones (excluding diaryl/α,β-unsaturated/α-hetero) is 1. The number of methoxy groups -OCH3 is 1. The monoisotopic (exact) mass is 693 g/mol. The Labute approximate surface area is 296 Å². The van der Waals surface area contributed by atoms with Gasteiger partial charge in [0.15, 0.2) is 11.5 Å². The fraction of sp³-hybridized carbons (Fsp3) is 0.400. The summed E-state index contributed by atoms with van der Waals surface area (Å²) < 4.78 is 12.7. The minimum absolute atomic E-state index is 0.0113. The molecule has 1 saturated heterocycles. The summed E-state index contributed by atoms with van der Waals surface area (Å²) in [5, 5.41) is 0.489. The number of nitrogens with zero attached hydrogens (tertiary/aromatic N) is 2. The molecule has 1 N–H and O–H groups in total. The molecule has 1 aliphatic carbocycles. The first-order valence-corrected chi connectivity index (χ1v) is 18.4. The van der Waals surface area contributed by atoms with Crippen LogP contribution >= 0.6 is 11.3 Å². The van der Waals surface area contributed by atoms with Gasteiger partial charge in [0.25, 0.3) is 11.1 Å².